The topological polar surface area (TPSA) is 80.0 Å². The molecule has 2 aromatic rings. The summed E-state index contributed by atoms with van der Waals surface area (Å²) in [6.45, 7) is 6.27. The van der Waals surface area contributed by atoms with Crippen LogP contribution in [0.25, 0.3) is 10.8 Å². The Morgan fingerprint density at radius 1 is 1.29 bits per heavy atom. The minimum absolute atomic E-state index is 0.102. The zero-order chi connectivity index (χ0) is 15.4. The van der Waals surface area contributed by atoms with Crippen LogP contribution in [0.5, 0.6) is 0 Å². The van der Waals surface area contributed by atoms with Gasteiger partial charge in [0.25, 0.3) is 5.91 Å². The van der Waals surface area contributed by atoms with Crippen LogP contribution in [0.15, 0.2) is 30.5 Å². The number of benzene rings is 1. The average Bonchev–Trinajstić information content (AvgIpc) is 2.52. The number of amides is 1. The van der Waals surface area contributed by atoms with E-state index in [1.807, 2.05) is 31.2 Å². The second-order valence-corrected chi connectivity index (χ2v) is 5.36. The van der Waals surface area contributed by atoms with Crippen LogP contribution in [0.4, 0.5) is 5.82 Å². The predicted octanol–water partition coefficient (Wildman–Crippen LogP) is 2.68. The Hall–Kier alpha value is -2.14. The lowest BCUT2D eigenvalue weighted by Gasteiger charge is -2.20. The minimum atomic E-state index is -0.102. The van der Waals surface area contributed by atoms with Crippen LogP contribution in [-0.4, -0.2) is 16.9 Å². The van der Waals surface area contributed by atoms with E-state index in [4.69, 9.17) is 5.84 Å². The van der Waals surface area contributed by atoms with E-state index >= 15 is 0 Å². The number of nitrogens with zero attached hydrogens (tertiary/aromatic N) is 1. The van der Waals surface area contributed by atoms with Crippen LogP contribution >= 0.6 is 0 Å². The molecule has 1 heterocycles. The first-order valence-corrected chi connectivity index (χ1v) is 7.23. The van der Waals surface area contributed by atoms with Crippen LogP contribution in [0, 0.1) is 5.92 Å². The average molecular weight is 286 g/mol. The lowest BCUT2D eigenvalue weighted by atomic mass is 10.00. The first-order valence-electron chi connectivity index (χ1n) is 7.23. The lowest BCUT2D eigenvalue weighted by molar-refractivity contribution is 0.0929. The van der Waals surface area contributed by atoms with Crippen molar-refractivity contribution in [2.45, 2.75) is 33.2 Å². The van der Waals surface area contributed by atoms with Crippen LogP contribution in [-0.2, 0) is 0 Å². The van der Waals surface area contributed by atoms with Crippen molar-refractivity contribution >= 4 is 22.5 Å². The molecule has 2 rings (SSSR count). The van der Waals surface area contributed by atoms with E-state index in [-0.39, 0.29) is 11.9 Å². The smallest absolute Gasteiger partial charge is 0.253 e. The van der Waals surface area contributed by atoms with Crippen molar-refractivity contribution in [1.82, 2.24) is 10.3 Å². The van der Waals surface area contributed by atoms with Gasteiger partial charge in [-0.15, -0.1) is 0 Å². The molecule has 21 heavy (non-hydrogen) atoms. The monoisotopic (exact) mass is 286 g/mol. The molecule has 0 saturated carbocycles. The van der Waals surface area contributed by atoms with Gasteiger partial charge in [-0.05, 0) is 18.2 Å². The normalized spacial score (nSPS) is 13.7. The molecule has 1 amide bonds. The Morgan fingerprint density at radius 3 is 2.57 bits per heavy atom. The molecule has 5 nitrogen and oxygen atoms in total. The van der Waals surface area contributed by atoms with Crippen molar-refractivity contribution in [3.05, 3.63) is 36.0 Å². The quantitative estimate of drug-likeness (QED) is 0.583. The van der Waals surface area contributed by atoms with Crippen molar-refractivity contribution in [3.63, 3.8) is 0 Å². The number of rotatable bonds is 5. The Kier molecular flexibility index (Phi) is 4.75. The standard InChI is InChI=1S/C16H22N4O/c1-4-10(2)11(3)19-16(21)14-9-18-15(20-17)13-8-6-5-7-12(13)14/h5-11H,4,17H2,1-3H3,(H,18,20)(H,19,21). The summed E-state index contributed by atoms with van der Waals surface area (Å²) >= 11 is 0. The number of carbonyl (C=O) groups excluding carboxylic acids is 1. The van der Waals surface area contributed by atoms with Crippen LogP contribution < -0.4 is 16.6 Å². The zero-order valence-corrected chi connectivity index (χ0v) is 12.7. The predicted molar refractivity (Wildman–Crippen MR) is 85.9 cm³/mol. The highest BCUT2D eigenvalue weighted by Gasteiger charge is 2.17. The van der Waals surface area contributed by atoms with Gasteiger partial charge in [-0.2, -0.15) is 0 Å². The number of hydrogen-bond acceptors (Lipinski definition) is 4. The molecule has 0 aliphatic heterocycles. The molecule has 1 aromatic carbocycles. The van der Waals surface area contributed by atoms with E-state index < -0.39 is 0 Å². The van der Waals surface area contributed by atoms with Crippen molar-refractivity contribution < 1.29 is 4.79 Å². The Morgan fingerprint density at radius 2 is 1.95 bits per heavy atom. The molecule has 0 bridgehead atoms. The zero-order valence-electron chi connectivity index (χ0n) is 12.7. The molecule has 1 aromatic heterocycles. The molecule has 0 fully saturated rings. The molecule has 0 spiro atoms. The van der Waals surface area contributed by atoms with Crippen LogP contribution in [0.3, 0.4) is 0 Å². The molecule has 2 atom stereocenters. The van der Waals surface area contributed by atoms with Gasteiger partial charge in [0, 0.05) is 17.6 Å². The Balaban J connectivity index is 2.36. The third-order valence-electron chi connectivity index (χ3n) is 4.03. The maximum absolute atomic E-state index is 12.5. The summed E-state index contributed by atoms with van der Waals surface area (Å²) in [5, 5.41) is 4.72. The highest BCUT2D eigenvalue weighted by molar-refractivity contribution is 6.09. The molecule has 2 unspecified atom stereocenters. The number of nitrogen functional groups attached to an aromatic ring is 1. The van der Waals surface area contributed by atoms with Gasteiger partial charge in [-0.3, -0.25) is 4.79 Å². The number of hydrogen-bond donors (Lipinski definition) is 3. The number of anilines is 1. The molecule has 112 valence electrons. The fraction of sp³-hybridized carbons (Fsp3) is 0.375. The number of carbonyl (C=O) groups is 1. The van der Waals surface area contributed by atoms with Crippen LogP contribution in [0.2, 0.25) is 0 Å². The van der Waals surface area contributed by atoms with Gasteiger partial charge in [0.05, 0.1) is 5.56 Å². The first-order chi connectivity index (χ1) is 10.1. The Bertz CT molecular complexity index is 641. The van der Waals surface area contributed by atoms with Crippen LogP contribution in [0.1, 0.15) is 37.6 Å². The third kappa shape index (κ3) is 3.13. The highest BCUT2D eigenvalue weighted by atomic mass is 16.1. The fourth-order valence-electron chi connectivity index (χ4n) is 2.27. The SMILES string of the molecule is CCC(C)C(C)NC(=O)c1cnc(NN)c2ccccc12. The molecule has 0 saturated heterocycles. The van der Waals surface area contributed by atoms with E-state index in [1.54, 1.807) is 6.20 Å². The van der Waals surface area contributed by atoms with Crippen molar-refractivity contribution in [2.75, 3.05) is 5.43 Å². The van der Waals surface area contributed by atoms with E-state index in [2.05, 4.69) is 29.6 Å². The van der Waals surface area contributed by atoms with Crippen molar-refractivity contribution in [3.8, 4) is 0 Å². The molecule has 5 heteroatoms. The van der Waals surface area contributed by atoms with Gasteiger partial charge in [0.1, 0.15) is 5.82 Å². The second-order valence-electron chi connectivity index (χ2n) is 5.36. The summed E-state index contributed by atoms with van der Waals surface area (Å²) in [5.41, 5.74) is 3.13. The molecular formula is C16H22N4O. The number of nitrogens with one attached hydrogen (secondary N) is 2. The molecule has 0 aliphatic rings. The molecule has 0 aliphatic carbocycles. The largest absolute Gasteiger partial charge is 0.349 e. The second kappa shape index (κ2) is 6.54. The first kappa shape index (κ1) is 15.3. The maximum atomic E-state index is 12.5. The molecular weight excluding hydrogens is 264 g/mol. The highest BCUT2D eigenvalue weighted by Crippen LogP contribution is 2.24. The number of nitrogens with two attached hydrogens (primary N) is 1. The number of hydrazine groups is 1. The summed E-state index contributed by atoms with van der Waals surface area (Å²) in [6.07, 6.45) is 2.59. The number of pyridine rings is 1. The summed E-state index contributed by atoms with van der Waals surface area (Å²) in [6, 6.07) is 7.72. The summed E-state index contributed by atoms with van der Waals surface area (Å²) < 4.78 is 0. The molecule has 4 N–H and O–H groups in total. The van der Waals surface area contributed by atoms with Gasteiger partial charge in [0.2, 0.25) is 0 Å². The van der Waals surface area contributed by atoms with E-state index in [0.717, 1.165) is 17.2 Å². The fourth-order valence-corrected chi connectivity index (χ4v) is 2.27. The van der Waals surface area contributed by atoms with Gasteiger partial charge < -0.3 is 10.7 Å². The lowest BCUT2D eigenvalue weighted by Crippen LogP contribution is -2.37. The number of aromatic nitrogens is 1. The summed E-state index contributed by atoms with van der Waals surface area (Å²) in [5.74, 6) is 6.36. The van der Waals surface area contributed by atoms with Gasteiger partial charge in [-0.25, -0.2) is 10.8 Å². The van der Waals surface area contributed by atoms with E-state index in [0.29, 0.717) is 17.3 Å². The van der Waals surface area contributed by atoms with Gasteiger partial charge in [0.15, 0.2) is 0 Å². The maximum Gasteiger partial charge on any atom is 0.253 e. The molecule has 0 radical (unpaired) electrons. The summed E-state index contributed by atoms with van der Waals surface area (Å²) in [4.78, 5) is 16.7. The summed E-state index contributed by atoms with van der Waals surface area (Å²) in [7, 11) is 0. The van der Waals surface area contributed by atoms with Gasteiger partial charge in [-0.1, -0.05) is 44.5 Å². The van der Waals surface area contributed by atoms with Crippen molar-refractivity contribution in [1.29, 1.82) is 0 Å². The third-order valence-corrected chi connectivity index (χ3v) is 4.03. The van der Waals surface area contributed by atoms with E-state index in [1.165, 1.54) is 0 Å². The van der Waals surface area contributed by atoms with Gasteiger partial charge >= 0.3 is 0 Å². The number of fused-ring (bicyclic) bond motifs is 1. The van der Waals surface area contributed by atoms with E-state index in [9.17, 15) is 4.79 Å². The minimum Gasteiger partial charge on any atom is -0.349 e. The Labute approximate surface area is 124 Å². The van der Waals surface area contributed by atoms with Crippen molar-refractivity contribution in [2.24, 2.45) is 11.8 Å².